The molecule has 1 aromatic rings. The van der Waals surface area contributed by atoms with E-state index in [2.05, 4.69) is 5.32 Å². The maximum absolute atomic E-state index is 11.4. The van der Waals surface area contributed by atoms with Gasteiger partial charge in [0.15, 0.2) is 0 Å². The van der Waals surface area contributed by atoms with Crippen LogP contribution in [-0.2, 0) is 13.6 Å². The van der Waals surface area contributed by atoms with Crippen LogP contribution >= 0.6 is 0 Å². The number of hydrogen-bond acceptors (Lipinski definition) is 2. The van der Waals surface area contributed by atoms with Gasteiger partial charge < -0.3 is 9.88 Å². The molecular formula is C10H17N3O. The molecule has 1 N–H and O–H groups in total. The lowest BCUT2D eigenvalue weighted by molar-refractivity contribution is 0.561. The predicted octanol–water partition coefficient (Wildman–Crippen LogP) is 0.186. The van der Waals surface area contributed by atoms with Gasteiger partial charge in [-0.1, -0.05) is 0 Å². The lowest BCUT2D eigenvalue weighted by Gasteiger charge is -2.03. The molecule has 0 amide bonds. The zero-order valence-corrected chi connectivity index (χ0v) is 8.57. The van der Waals surface area contributed by atoms with E-state index in [-0.39, 0.29) is 5.69 Å². The Labute approximate surface area is 83.5 Å². The molecular weight excluding hydrogens is 178 g/mol. The summed E-state index contributed by atoms with van der Waals surface area (Å²) in [6.45, 7) is 2.77. The summed E-state index contributed by atoms with van der Waals surface area (Å²) in [6, 6.07) is 0. The van der Waals surface area contributed by atoms with E-state index in [0.717, 1.165) is 25.6 Å². The van der Waals surface area contributed by atoms with Crippen molar-refractivity contribution < 1.29 is 0 Å². The first kappa shape index (κ1) is 9.52. The van der Waals surface area contributed by atoms with E-state index < -0.39 is 0 Å². The smallest absolute Gasteiger partial charge is 0.315 e. The average Bonchev–Trinajstić information content (AvgIpc) is 2.94. The molecule has 2 rings (SSSR count). The van der Waals surface area contributed by atoms with Gasteiger partial charge in [-0.05, 0) is 25.3 Å². The van der Waals surface area contributed by atoms with Crippen molar-refractivity contribution in [3.8, 4) is 0 Å². The van der Waals surface area contributed by atoms with Gasteiger partial charge in [-0.15, -0.1) is 0 Å². The molecule has 14 heavy (non-hydrogen) atoms. The Bertz CT molecular complexity index is 348. The van der Waals surface area contributed by atoms with Crippen LogP contribution < -0.4 is 11.0 Å². The van der Waals surface area contributed by atoms with Crippen LogP contribution in [0.5, 0.6) is 0 Å². The van der Waals surface area contributed by atoms with Gasteiger partial charge in [-0.3, -0.25) is 4.57 Å². The molecule has 1 fully saturated rings. The Morgan fingerprint density at radius 3 is 2.86 bits per heavy atom. The molecule has 0 bridgehead atoms. The highest BCUT2D eigenvalue weighted by atomic mass is 16.1. The Hall–Kier alpha value is -1.03. The Morgan fingerprint density at radius 1 is 1.50 bits per heavy atom. The lowest BCUT2D eigenvalue weighted by atomic mass is 10.4. The summed E-state index contributed by atoms with van der Waals surface area (Å²) in [6.07, 6.45) is 6.38. The van der Waals surface area contributed by atoms with Gasteiger partial charge in [0, 0.05) is 32.5 Å². The second kappa shape index (κ2) is 4.00. The van der Waals surface area contributed by atoms with Crippen LogP contribution in [0, 0.1) is 5.92 Å². The topological polar surface area (TPSA) is 39.0 Å². The molecule has 1 aliphatic rings. The van der Waals surface area contributed by atoms with E-state index in [9.17, 15) is 4.79 Å². The minimum absolute atomic E-state index is 0.0678. The van der Waals surface area contributed by atoms with Crippen molar-refractivity contribution in [2.75, 3.05) is 13.1 Å². The molecule has 0 aromatic carbocycles. The predicted molar refractivity (Wildman–Crippen MR) is 55.3 cm³/mol. The summed E-state index contributed by atoms with van der Waals surface area (Å²) in [5.74, 6) is 0.905. The number of aryl methyl sites for hydroxylation is 1. The molecule has 0 saturated heterocycles. The maximum Gasteiger partial charge on any atom is 0.327 e. The van der Waals surface area contributed by atoms with Crippen LogP contribution in [0.4, 0.5) is 0 Å². The van der Waals surface area contributed by atoms with Crippen molar-refractivity contribution in [3.63, 3.8) is 0 Å². The first-order valence-electron chi connectivity index (χ1n) is 5.20. The van der Waals surface area contributed by atoms with E-state index in [1.165, 1.54) is 12.8 Å². The zero-order valence-electron chi connectivity index (χ0n) is 8.57. The van der Waals surface area contributed by atoms with Crippen molar-refractivity contribution in [1.29, 1.82) is 0 Å². The molecule has 0 spiro atoms. The third-order valence-corrected chi connectivity index (χ3v) is 2.68. The zero-order chi connectivity index (χ0) is 9.97. The van der Waals surface area contributed by atoms with Crippen molar-refractivity contribution in [2.45, 2.75) is 19.4 Å². The fraction of sp³-hybridized carbons (Fsp3) is 0.700. The number of nitrogens with zero attached hydrogens (tertiary/aromatic N) is 2. The quantitative estimate of drug-likeness (QED) is 0.681. The van der Waals surface area contributed by atoms with Crippen LogP contribution in [0.15, 0.2) is 17.2 Å². The largest absolute Gasteiger partial charge is 0.327 e. The lowest BCUT2D eigenvalue weighted by Crippen LogP contribution is -2.28. The van der Waals surface area contributed by atoms with Crippen LogP contribution in [-0.4, -0.2) is 22.2 Å². The van der Waals surface area contributed by atoms with E-state index in [1.807, 2.05) is 6.20 Å². The van der Waals surface area contributed by atoms with Crippen molar-refractivity contribution in [3.05, 3.63) is 22.9 Å². The number of imidazole rings is 1. The summed E-state index contributed by atoms with van der Waals surface area (Å²) in [5, 5.41) is 3.36. The molecule has 1 heterocycles. The van der Waals surface area contributed by atoms with E-state index >= 15 is 0 Å². The van der Waals surface area contributed by atoms with Gasteiger partial charge in [-0.25, -0.2) is 4.79 Å². The summed E-state index contributed by atoms with van der Waals surface area (Å²) in [7, 11) is 1.77. The van der Waals surface area contributed by atoms with Gasteiger partial charge in [0.05, 0.1) is 0 Å². The van der Waals surface area contributed by atoms with Gasteiger partial charge >= 0.3 is 5.69 Å². The summed E-state index contributed by atoms with van der Waals surface area (Å²) in [4.78, 5) is 11.4. The van der Waals surface area contributed by atoms with Crippen LogP contribution in [0.2, 0.25) is 0 Å². The fourth-order valence-electron chi connectivity index (χ4n) is 1.51. The second-order valence-corrected chi connectivity index (χ2v) is 4.03. The summed E-state index contributed by atoms with van der Waals surface area (Å²) in [5.41, 5.74) is 0.0678. The number of nitrogens with one attached hydrogen (secondary N) is 1. The molecule has 0 unspecified atom stereocenters. The summed E-state index contributed by atoms with van der Waals surface area (Å²) < 4.78 is 3.33. The molecule has 0 atom stereocenters. The second-order valence-electron chi connectivity index (χ2n) is 4.03. The fourth-order valence-corrected chi connectivity index (χ4v) is 1.51. The Kier molecular flexibility index (Phi) is 2.72. The minimum Gasteiger partial charge on any atom is -0.315 e. The minimum atomic E-state index is 0.0678. The normalized spacial score (nSPS) is 16.1. The Balaban J connectivity index is 1.73. The number of hydrogen-bond donors (Lipinski definition) is 1. The van der Waals surface area contributed by atoms with Gasteiger partial charge in [0.2, 0.25) is 0 Å². The van der Waals surface area contributed by atoms with Crippen LogP contribution in [0.25, 0.3) is 0 Å². The van der Waals surface area contributed by atoms with Gasteiger partial charge in [0.1, 0.15) is 0 Å². The van der Waals surface area contributed by atoms with Gasteiger partial charge in [0.25, 0.3) is 0 Å². The molecule has 1 aromatic heterocycles. The van der Waals surface area contributed by atoms with Crippen molar-refractivity contribution in [2.24, 2.45) is 13.0 Å². The SMILES string of the molecule is Cn1ccn(CCNCC2CC2)c1=O. The first-order valence-corrected chi connectivity index (χ1v) is 5.20. The maximum atomic E-state index is 11.4. The molecule has 4 heteroatoms. The molecule has 1 saturated carbocycles. The first-order chi connectivity index (χ1) is 6.77. The highest BCUT2D eigenvalue weighted by molar-refractivity contribution is 4.80. The highest BCUT2D eigenvalue weighted by Gasteiger charge is 2.19. The van der Waals surface area contributed by atoms with Crippen molar-refractivity contribution >= 4 is 0 Å². The monoisotopic (exact) mass is 195 g/mol. The average molecular weight is 195 g/mol. The van der Waals surface area contributed by atoms with Gasteiger partial charge in [-0.2, -0.15) is 0 Å². The molecule has 0 radical (unpaired) electrons. The van der Waals surface area contributed by atoms with Crippen molar-refractivity contribution in [1.82, 2.24) is 14.5 Å². The molecule has 1 aliphatic carbocycles. The van der Waals surface area contributed by atoms with E-state index in [4.69, 9.17) is 0 Å². The standard InChI is InChI=1S/C10H17N3O/c1-12-6-7-13(10(12)14)5-4-11-8-9-2-3-9/h6-7,9,11H,2-5,8H2,1H3. The molecule has 0 aliphatic heterocycles. The van der Waals surface area contributed by atoms with Crippen LogP contribution in [0.3, 0.4) is 0 Å². The van der Waals surface area contributed by atoms with E-state index in [0.29, 0.717) is 0 Å². The van der Waals surface area contributed by atoms with E-state index in [1.54, 1.807) is 22.4 Å². The molecule has 78 valence electrons. The highest BCUT2D eigenvalue weighted by Crippen LogP contribution is 2.27. The number of rotatable bonds is 5. The summed E-state index contributed by atoms with van der Waals surface area (Å²) >= 11 is 0. The van der Waals surface area contributed by atoms with Crippen LogP contribution in [0.1, 0.15) is 12.8 Å². The third-order valence-electron chi connectivity index (χ3n) is 2.68. The Morgan fingerprint density at radius 2 is 2.29 bits per heavy atom. The number of aromatic nitrogens is 2. The third kappa shape index (κ3) is 2.26. The molecule has 4 nitrogen and oxygen atoms in total.